The van der Waals surface area contributed by atoms with Gasteiger partial charge in [0, 0.05) is 5.41 Å². The highest BCUT2D eigenvalue weighted by Crippen LogP contribution is 2.65. The summed E-state index contributed by atoms with van der Waals surface area (Å²) in [5.41, 5.74) is 2.05. The zero-order valence-corrected chi connectivity index (χ0v) is 17.6. The van der Waals surface area contributed by atoms with Crippen molar-refractivity contribution in [2.24, 2.45) is 16.7 Å². The van der Waals surface area contributed by atoms with Crippen LogP contribution >= 0.6 is 0 Å². The van der Waals surface area contributed by atoms with Crippen molar-refractivity contribution in [1.82, 2.24) is 0 Å². The van der Waals surface area contributed by atoms with Crippen LogP contribution in [0, 0.1) is 16.7 Å². The van der Waals surface area contributed by atoms with E-state index in [4.69, 9.17) is 4.74 Å². The van der Waals surface area contributed by atoms with Gasteiger partial charge >= 0.3 is 0 Å². The summed E-state index contributed by atoms with van der Waals surface area (Å²) in [5.74, 6) is 1.70. The molecule has 0 spiro atoms. The van der Waals surface area contributed by atoms with Crippen molar-refractivity contribution >= 4 is 11.9 Å². The predicted molar refractivity (Wildman–Crippen MR) is 113 cm³/mol. The zero-order valence-electron chi connectivity index (χ0n) is 17.6. The predicted octanol–water partition coefficient (Wildman–Crippen LogP) is 6.83. The van der Waals surface area contributed by atoms with Crippen molar-refractivity contribution in [3.8, 4) is 5.75 Å². The number of benzene rings is 1. The largest absolute Gasteiger partial charge is 0.494 e. The minimum atomic E-state index is -0.177. The van der Waals surface area contributed by atoms with Crippen molar-refractivity contribution in [2.75, 3.05) is 6.61 Å². The van der Waals surface area contributed by atoms with Gasteiger partial charge in [-0.15, -0.1) is 0 Å². The summed E-state index contributed by atoms with van der Waals surface area (Å²) in [7, 11) is 0. The Balaban J connectivity index is 1.54. The Kier molecular flexibility index (Phi) is 6.13. The Bertz CT molecular complexity index is 683. The molecule has 1 aromatic carbocycles. The highest BCUT2D eigenvalue weighted by Gasteiger charge is 2.63. The fourth-order valence-corrected chi connectivity index (χ4v) is 5.01. The van der Waals surface area contributed by atoms with Gasteiger partial charge in [0.1, 0.15) is 5.75 Å². The van der Waals surface area contributed by atoms with E-state index in [2.05, 4.69) is 45.9 Å². The fraction of sp³-hybridized carbons (Fsp3) is 0.640. The molecule has 2 aliphatic carbocycles. The average molecular weight is 369 g/mol. The lowest BCUT2D eigenvalue weighted by Gasteiger charge is -2.31. The van der Waals surface area contributed by atoms with Gasteiger partial charge in [0.15, 0.2) is 5.78 Å². The molecule has 2 unspecified atom stereocenters. The van der Waals surface area contributed by atoms with E-state index in [1.165, 1.54) is 32.1 Å². The number of ether oxygens (including phenoxy) is 1. The highest BCUT2D eigenvalue weighted by molar-refractivity contribution is 6.07. The minimum absolute atomic E-state index is 0.0795. The molecule has 1 aromatic rings. The molecule has 0 heterocycles. The summed E-state index contributed by atoms with van der Waals surface area (Å²) in [4.78, 5) is 13.0. The lowest BCUT2D eigenvalue weighted by atomic mass is 9.70. The number of fused-ring (bicyclic) bond motifs is 2. The van der Waals surface area contributed by atoms with Crippen LogP contribution in [0.25, 0.3) is 6.08 Å². The Morgan fingerprint density at radius 3 is 2.33 bits per heavy atom. The van der Waals surface area contributed by atoms with E-state index in [-0.39, 0.29) is 10.8 Å². The standard InChI is InChI=1S/C25H36O2/c1-5-6-7-8-9-10-17-27-20-13-11-19(12-14-20)18-21-22-15-16-25(4,23(21)26)24(22,2)3/h11-14,18,22H,5-10,15-17H2,1-4H3. The van der Waals surface area contributed by atoms with E-state index in [0.29, 0.717) is 11.7 Å². The van der Waals surface area contributed by atoms with Gasteiger partial charge in [-0.2, -0.15) is 0 Å². The highest BCUT2D eigenvalue weighted by atomic mass is 16.5. The third kappa shape index (κ3) is 3.86. The van der Waals surface area contributed by atoms with Crippen molar-refractivity contribution in [1.29, 1.82) is 0 Å². The van der Waals surface area contributed by atoms with Crippen molar-refractivity contribution in [3.63, 3.8) is 0 Å². The molecule has 0 aliphatic heterocycles. The number of rotatable bonds is 9. The zero-order chi connectivity index (χ0) is 19.5. The number of carbonyl (C=O) groups is 1. The molecule has 0 saturated heterocycles. The maximum atomic E-state index is 13.0. The van der Waals surface area contributed by atoms with E-state index in [0.717, 1.165) is 42.8 Å². The van der Waals surface area contributed by atoms with Crippen LogP contribution in [0.4, 0.5) is 0 Å². The van der Waals surface area contributed by atoms with Crippen molar-refractivity contribution in [3.05, 3.63) is 35.4 Å². The molecular weight excluding hydrogens is 332 g/mol. The van der Waals surface area contributed by atoms with Crippen LogP contribution in [0.3, 0.4) is 0 Å². The maximum Gasteiger partial charge on any atom is 0.165 e. The molecule has 0 radical (unpaired) electrons. The van der Waals surface area contributed by atoms with Gasteiger partial charge < -0.3 is 4.74 Å². The summed E-state index contributed by atoms with van der Waals surface area (Å²) in [6, 6.07) is 8.23. The molecule has 2 fully saturated rings. The molecule has 0 aromatic heterocycles. The maximum absolute atomic E-state index is 13.0. The monoisotopic (exact) mass is 368 g/mol. The summed E-state index contributed by atoms with van der Waals surface area (Å²) in [6.45, 7) is 9.73. The molecule has 0 amide bonds. The van der Waals surface area contributed by atoms with Crippen LogP contribution in [-0.4, -0.2) is 12.4 Å². The molecule has 2 aliphatic rings. The summed E-state index contributed by atoms with van der Waals surface area (Å²) in [6.07, 6.45) is 12.0. The van der Waals surface area contributed by atoms with Crippen LogP contribution in [0.2, 0.25) is 0 Å². The third-order valence-electron chi connectivity index (χ3n) is 7.33. The second kappa shape index (κ2) is 8.20. The first-order valence-electron chi connectivity index (χ1n) is 10.9. The first-order valence-corrected chi connectivity index (χ1v) is 10.9. The Morgan fingerprint density at radius 1 is 1.04 bits per heavy atom. The number of allylic oxidation sites excluding steroid dienone is 1. The Labute approximate surface area is 165 Å². The molecule has 2 bridgehead atoms. The summed E-state index contributed by atoms with van der Waals surface area (Å²) >= 11 is 0. The van der Waals surface area contributed by atoms with Crippen LogP contribution in [0.15, 0.2) is 29.8 Å². The second-order valence-electron chi connectivity index (χ2n) is 9.26. The van der Waals surface area contributed by atoms with Gasteiger partial charge in [0.2, 0.25) is 0 Å². The van der Waals surface area contributed by atoms with E-state index in [9.17, 15) is 4.79 Å². The quantitative estimate of drug-likeness (QED) is 0.352. The Hall–Kier alpha value is -1.57. The van der Waals surface area contributed by atoms with Gasteiger partial charge in [-0.1, -0.05) is 71.9 Å². The molecular formula is C25H36O2. The Morgan fingerprint density at radius 2 is 1.70 bits per heavy atom. The topological polar surface area (TPSA) is 26.3 Å². The fourth-order valence-electron chi connectivity index (χ4n) is 5.01. The summed E-state index contributed by atoms with van der Waals surface area (Å²) < 4.78 is 5.87. The average Bonchev–Trinajstić information content (AvgIpc) is 2.96. The van der Waals surface area contributed by atoms with Crippen LogP contribution < -0.4 is 4.74 Å². The SMILES string of the molecule is CCCCCCCCOc1ccc(C=C2C(=O)C3(C)CCC2C3(C)C)cc1. The van der Waals surface area contributed by atoms with Crippen LogP contribution in [-0.2, 0) is 4.79 Å². The van der Waals surface area contributed by atoms with E-state index in [1.54, 1.807) is 0 Å². The second-order valence-corrected chi connectivity index (χ2v) is 9.26. The van der Waals surface area contributed by atoms with Gasteiger partial charge in [-0.3, -0.25) is 4.79 Å². The molecule has 2 atom stereocenters. The molecule has 3 rings (SSSR count). The molecule has 0 N–H and O–H groups in total. The first-order chi connectivity index (χ1) is 12.9. The normalized spacial score (nSPS) is 27.5. The summed E-state index contributed by atoms with van der Waals surface area (Å²) in [5, 5.41) is 0. The number of hydrogen-bond acceptors (Lipinski definition) is 2. The van der Waals surface area contributed by atoms with E-state index >= 15 is 0 Å². The molecule has 2 heteroatoms. The van der Waals surface area contributed by atoms with Crippen molar-refractivity contribution < 1.29 is 9.53 Å². The third-order valence-corrected chi connectivity index (χ3v) is 7.33. The lowest BCUT2D eigenvalue weighted by molar-refractivity contribution is -0.125. The number of ketones is 1. The molecule has 2 saturated carbocycles. The molecule has 2 nitrogen and oxygen atoms in total. The number of hydrogen-bond donors (Lipinski definition) is 0. The minimum Gasteiger partial charge on any atom is -0.494 e. The molecule has 27 heavy (non-hydrogen) atoms. The number of carbonyl (C=O) groups excluding carboxylic acids is 1. The lowest BCUT2D eigenvalue weighted by Crippen LogP contribution is -2.32. The van der Waals surface area contributed by atoms with Gasteiger partial charge in [0.05, 0.1) is 6.61 Å². The van der Waals surface area contributed by atoms with E-state index in [1.807, 2.05) is 12.1 Å². The van der Waals surface area contributed by atoms with Crippen LogP contribution in [0.5, 0.6) is 5.75 Å². The molecule has 148 valence electrons. The van der Waals surface area contributed by atoms with Gasteiger partial charge in [-0.25, -0.2) is 0 Å². The smallest absolute Gasteiger partial charge is 0.165 e. The van der Waals surface area contributed by atoms with Gasteiger partial charge in [0.25, 0.3) is 0 Å². The number of Topliss-reactive ketones (excluding diaryl/α,β-unsaturated/α-hetero) is 1. The van der Waals surface area contributed by atoms with Crippen LogP contribution in [0.1, 0.15) is 84.6 Å². The first kappa shape index (κ1) is 20.2. The van der Waals surface area contributed by atoms with Gasteiger partial charge in [-0.05, 0) is 59.9 Å². The number of unbranched alkanes of at least 4 members (excludes halogenated alkanes) is 5. The van der Waals surface area contributed by atoms with Crippen molar-refractivity contribution in [2.45, 2.75) is 79.1 Å². The van der Waals surface area contributed by atoms with E-state index < -0.39 is 0 Å².